The number of rotatable bonds is 5. The number of nitrogens with zero attached hydrogens (tertiary/aromatic N) is 1. The van der Waals surface area contributed by atoms with E-state index in [1.165, 1.54) is 6.07 Å². The van der Waals surface area contributed by atoms with E-state index < -0.39 is 16.4 Å². The third-order valence-corrected chi connectivity index (χ3v) is 3.63. The number of nitro groups is 1. The fraction of sp³-hybridized carbons (Fsp3) is 0.200. The highest BCUT2D eigenvalue weighted by Gasteiger charge is 2.14. The van der Waals surface area contributed by atoms with Gasteiger partial charge < -0.3 is 4.74 Å². The Morgan fingerprint density at radius 2 is 2.10 bits per heavy atom. The Bertz CT molecular complexity index is 676. The summed E-state index contributed by atoms with van der Waals surface area (Å²) in [5.74, 6) is -0.111. The summed E-state index contributed by atoms with van der Waals surface area (Å²) in [5, 5.41) is 11.2. The van der Waals surface area contributed by atoms with Gasteiger partial charge in [-0.3, -0.25) is 10.1 Å². The maximum Gasteiger partial charge on any atom is 0.304 e. The Hall–Kier alpha value is -1.95. The molecule has 0 saturated carbocycles. The molecule has 0 aromatic heterocycles. The lowest BCUT2D eigenvalue weighted by molar-refractivity contribution is -0.387. The van der Waals surface area contributed by atoms with Crippen LogP contribution in [0.5, 0.6) is 5.75 Å². The maximum absolute atomic E-state index is 13.5. The highest BCUT2D eigenvalue weighted by molar-refractivity contribution is 9.08. The van der Waals surface area contributed by atoms with E-state index in [4.69, 9.17) is 4.74 Å². The summed E-state index contributed by atoms with van der Waals surface area (Å²) >= 11 is 3.39. The topological polar surface area (TPSA) is 52.4 Å². The van der Waals surface area contributed by atoms with Crippen LogP contribution in [-0.2, 0) is 11.9 Å². The molecule has 110 valence electrons. The summed E-state index contributed by atoms with van der Waals surface area (Å²) in [6, 6.07) is 9.57. The van der Waals surface area contributed by atoms with Crippen molar-refractivity contribution >= 4 is 21.6 Å². The smallest absolute Gasteiger partial charge is 0.304 e. The minimum Gasteiger partial charge on any atom is -0.488 e. The molecule has 0 spiro atoms. The molecular formula is C15H13BrFNO3. The minimum atomic E-state index is -0.855. The minimum absolute atomic E-state index is 0.153. The van der Waals surface area contributed by atoms with Crippen LogP contribution in [0.25, 0.3) is 0 Å². The molecule has 0 N–H and O–H groups in total. The summed E-state index contributed by atoms with van der Waals surface area (Å²) in [7, 11) is 0. The van der Waals surface area contributed by atoms with Crippen LogP contribution in [0, 0.1) is 22.9 Å². The summed E-state index contributed by atoms with van der Waals surface area (Å²) in [6.45, 7) is 2.08. The van der Waals surface area contributed by atoms with Crippen molar-refractivity contribution in [1.82, 2.24) is 0 Å². The van der Waals surface area contributed by atoms with Gasteiger partial charge in [0.2, 0.25) is 5.82 Å². The summed E-state index contributed by atoms with van der Waals surface area (Å²) in [6.07, 6.45) is 0. The Morgan fingerprint density at radius 3 is 2.71 bits per heavy atom. The first-order chi connectivity index (χ1) is 10.0. The second-order valence-corrected chi connectivity index (χ2v) is 5.09. The van der Waals surface area contributed by atoms with E-state index in [9.17, 15) is 14.5 Å². The van der Waals surface area contributed by atoms with Gasteiger partial charge in [0, 0.05) is 17.0 Å². The predicted molar refractivity (Wildman–Crippen MR) is 81.2 cm³/mol. The SMILES string of the molecule is Cc1cccc(CBr)c1OCc1ccc([N+](=O)[O-])c(F)c1. The number of ether oxygens (including phenoxy) is 1. The Morgan fingerprint density at radius 1 is 1.33 bits per heavy atom. The van der Waals surface area contributed by atoms with Gasteiger partial charge in [-0.25, -0.2) is 0 Å². The van der Waals surface area contributed by atoms with Crippen molar-refractivity contribution in [2.45, 2.75) is 18.9 Å². The molecule has 0 amide bonds. The van der Waals surface area contributed by atoms with Crippen molar-refractivity contribution < 1.29 is 14.1 Å². The summed E-state index contributed by atoms with van der Waals surface area (Å²) in [4.78, 5) is 9.82. The molecule has 2 aromatic rings. The molecule has 0 bridgehead atoms. The van der Waals surface area contributed by atoms with Crippen LogP contribution >= 0.6 is 15.9 Å². The zero-order chi connectivity index (χ0) is 15.4. The average molecular weight is 354 g/mol. The third kappa shape index (κ3) is 3.58. The molecule has 4 nitrogen and oxygen atoms in total. The van der Waals surface area contributed by atoms with E-state index in [2.05, 4.69) is 15.9 Å². The average Bonchev–Trinajstić information content (AvgIpc) is 2.45. The molecule has 0 radical (unpaired) electrons. The highest BCUT2D eigenvalue weighted by Crippen LogP contribution is 2.27. The molecule has 0 saturated heterocycles. The molecule has 0 atom stereocenters. The third-order valence-electron chi connectivity index (χ3n) is 3.03. The normalized spacial score (nSPS) is 10.4. The van der Waals surface area contributed by atoms with E-state index >= 15 is 0 Å². The number of benzene rings is 2. The number of hydrogen-bond donors (Lipinski definition) is 0. The van der Waals surface area contributed by atoms with Gasteiger partial charge >= 0.3 is 5.69 Å². The molecule has 2 rings (SSSR count). The van der Waals surface area contributed by atoms with E-state index in [1.54, 1.807) is 0 Å². The van der Waals surface area contributed by atoms with Crippen LogP contribution < -0.4 is 4.74 Å². The Labute approximate surface area is 129 Å². The molecule has 0 heterocycles. The molecular weight excluding hydrogens is 341 g/mol. The number of para-hydroxylation sites is 1. The van der Waals surface area contributed by atoms with Gasteiger partial charge in [0.25, 0.3) is 0 Å². The van der Waals surface area contributed by atoms with Gasteiger partial charge in [0.05, 0.1) is 4.92 Å². The summed E-state index contributed by atoms with van der Waals surface area (Å²) < 4.78 is 19.3. The number of aryl methyl sites for hydroxylation is 1. The standard InChI is InChI=1S/C15H13BrFNO3/c1-10-3-2-4-12(8-16)15(10)21-9-11-5-6-14(18(19)20)13(17)7-11/h2-7H,8-9H2,1H3. The van der Waals surface area contributed by atoms with Crippen LogP contribution in [-0.4, -0.2) is 4.92 Å². The van der Waals surface area contributed by atoms with Crippen LogP contribution in [0.15, 0.2) is 36.4 Å². The highest BCUT2D eigenvalue weighted by atomic mass is 79.9. The summed E-state index contributed by atoms with van der Waals surface area (Å²) in [5.41, 5.74) is 1.99. The van der Waals surface area contributed by atoms with Gasteiger partial charge in [-0.2, -0.15) is 4.39 Å². The van der Waals surface area contributed by atoms with Crippen molar-refractivity contribution in [1.29, 1.82) is 0 Å². The zero-order valence-electron chi connectivity index (χ0n) is 11.3. The molecule has 2 aromatic carbocycles. The lowest BCUT2D eigenvalue weighted by Gasteiger charge is -2.13. The molecule has 0 aliphatic rings. The second-order valence-electron chi connectivity index (χ2n) is 4.53. The zero-order valence-corrected chi connectivity index (χ0v) is 12.9. The molecule has 21 heavy (non-hydrogen) atoms. The lowest BCUT2D eigenvalue weighted by Crippen LogP contribution is -2.01. The van der Waals surface area contributed by atoms with Crippen molar-refractivity contribution in [2.75, 3.05) is 0 Å². The van der Waals surface area contributed by atoms with Crippen molar-refractivity contribution in [3.05, 3.63) is 69.0 Å². The number of halogens is 2. The molecule has 0 aliphatic heterocycles. The lowest BCUT2D eigenvalue weighted by atomic mass is 10.1. The quantitative estimate of drug-likeness (QED) is 0.451. The van der Waals surface area contributed by atoms with E-state index in [0.717, 1.165) is 29.0 Å². The number of nitro benzene ring substituents is 1. The fourth-order valence-electron chi connectivity index (χ4n) is 1.97. The van der Waals surface area contributed by atoms with Crippen molar-refractivity contribution in [2.24, 2.45) is 0 Å². The predicted octanol–water partition coefficient (Wildman–Crippen LogP) is 4.52. The monoisotopic (exact) mass is 353 g/mol. The first-order valence-electron chi connectivity index (χ1n) is 6.23. The maximum atomic E-state index is 13.5. The van der Waals surface area contributed by atoms with Crippen molar-refractivity contribution in [3.8, 4) is 5.75 Å². The largest absolute Gasteiger partial charge is 0.488 e. The van der Waals surface area contributed by atoms with Gasteiger partial charge in [-0.05, 0) is 30.2 Å². The fourth-order valence-corrected chi connectivity index (χ4v) is 2.41. The molecule has 0 fully saturated rings. The van der Waals surface area contributed by atoms with Gasteiger partial charge in [-0.1, -0.05) is 34.1 Å². The van der Waals surface area contributed by atoms with Crippen LogP contribution in [0.4, 0.5) is 10.1 Å². The molecule has 0 unspecified atom stereocenters. The Balaban J connectivity index is 2.17. The second kappa shape index (κ2) is 6.67. The van der Waals surface area contributed by atoms with Crippen LogP contribution in [0.3, 0.4) is 0 Å². The first-order valence-corrected chi connectivity index (χ1v) is 7.35. The molecule has 0 aliphatic carbocycles. The first kappa shape index (κ1) is 15.4. The Kier molecular flexibility index (Phi) is 4.90. The van der Waals surface area contributed by atoms with Crippen LogP contribution in [0.2, 0.25) is 0 Å². The van der Waals surface area contributed by atoms with Crippen LogP contribution in [0.1, 0.15) is 16.7 Å². The van der Waals surface area contributed by atoms with E-state index in [0.29, 0.717) is 10.9 Å². The van der Waals surface area contributed by atoms with E-state index in [-0.39, 0.29) is 6.61 Å². The number of hydrogen-bond acceptors (Lipinski definition) is 3. The van der Waals surface area contributed by atoms with Crippen molar-refractivity contribution in [3.63, 3.8) is 0 Å². The van der Waals surface area contributed by atoms with Gasteiger partial charge in [-0.15, -0.1) is 0 Å². The van der Waals surface area contributed by atoms with E-state index in [1.807, 2.05) is 25.1 Å². The molecule has 6 heteroatoms. The van der Waals surface area contributed by atoms with Gasteiger partial charge in [0.1, 0.15) is 12.4 Å². The number of alkyl halides is 1. The van der Waals surface area contributed by atoms with Gasteiger partial charge in [0.15, 0.2) is 0 Å².